The fourth-order valence-corrected chi connectivity index (χ4v) is 1.51. The molecule has 17 heavy (non-hydrogen) atoms. The van der Waals surface area contributed by atoms with E-state index in [1.54, 1.807) is 24.3 Å². The van der Waals surface area contributed by atoms with E-state index in [0.29, 0.717) is 0 Å². The minimum atomic E-state index is -2.36. The van der Waals surface area contributed by atoms with Gasteiger partial charge in [0.25, 0.3) is 5.60 Å². The number of hydrogen-bond donors (Lipinski definition) is 1. The molecule has 5 heteroatoms. The van der Waals surface area contributed by atoms with E-state index in [1.165, 1.54) is 12.2 Å². The lowest BCUT2D eigenvalue weighted by atomic mass is 9.86. The number of aliphatic hydroxyl groups is 1. The summed E-state index contributed by atoms with van der Waals surface area (Å²) >= 11 is 0. The number of carbonyl (C=O) groups excluding carboxylic acids is 2. The van der Waals surface area contributed by atoms with Crippen molar-refractivity contribution >= 4 is 11.9 Å². The Bertz CT molecular complexity index is 360. The molecule has 0 fully saturated rings. The van der Waals surface area contributed by atoms with Gasteiger partial charge in [0.15, 0.2) is 0 Å². The molecule has 0 bridgehead atoms. The van der Waals surface area contributed by atoms with Crippen LogP contribution in [0.1, 0.15) is 0 Å². The molecular weight excluding hydrogens is 224 g/mol. The van der Waals surface area contributed by atoms with E-state index in [-0.39, 0.29) is 0 Å². The number of ether oxygens (including phenoxy) is 2. The number of esters is 2. The predicted octanol–water partition coefficient (Wildman–Crippen LogP) is 0.362. The van der Waals surface area contributed by atoms with Crippen molar-refractivity contribution in [3.8, 4) is 0 Å². The van der Waals surface area contributed by atoms with E-state index in [0.717, 1.165) is 14.2 Å². The Morgan fingerprint density at radius 1 is 1.00 bits per heavy atom. The molecule has 0 unspecified atom stereocenters. The summed E-state index contributed by atoms with van der Waals surface area (Å²) in [6.45, 7) is 0. The van der Waals surface area contributed by atoms with Gasteiger partial charge in [-0.1, -0.05) is 36.5 Å². The van der Waals surface area contributed by atoms with Gasteiger partial charge in [-0.25, -0.2) is 9.59 Å². The fraction of sp³-hybridized carbons (Fsp3) is 0.333. The Kier molecular flexibility index (Phi) is 4.23. The van der Waals surface area contributed by atoms with Crippen molar-refractivity contribution in [2.24, 2.45) is 5.92 Å². The van der Waals surface area contributed by atoms with Crippen molar-refractivity contribution in [3.05, 3.63) is 36.5 Å². The number of carbonyl (C=O) groups is 2. The molecule has 0 saturated carbocycles. The van der Waals surface area contributed by atoms with Crippen molar-refractivity contribution in [3.63, 3.8) is 0 Å². The average Bonchev–Trinajstić information content (AvgIpc) is 2.64. The lowest BCUT2D eigenvalue weighted by Gasteiger charge is -2.26. The third-order valence-electron chi connectivity index (χ3n) is 2.45. The maximum absolute atomic E-state index is 11.6. The number of allylic oxidation sites excluding steroid dienone is 4. The van der Waals surface area contributed by atoms with Crippen molar-refractivity contribution in [1.82, 2.24) is 0 Å². The number of rotatable bonds is 3. The molecule has 0 radical (unpaired) electrons. The molecule has 0 heterocycles. The highest BCUT2D eigenvalue weighted by Crippen LogP contribution is 2.25. The molecule has 0 aromatic heterocycles. The summed E-state index contributed by atoms with van der Waals surface area (Å²) in [6, 6.07) is 0. The summed E-state index contributed by atoms with van der Waals surface area (Å²) in [5.74, 6) is -2.94. The summed E-state index contributed by atoms with van der Waals surface area (Å²) in [7, 11) is 2.19. The lowest BCUT2D eigenvalue weighted by Crippen LogP contribution is -2.53. The molecular formula is C12H14O5. The Labute approximate surface area is 99.0 Å². The third-order valence-corrected chi connectivity index (χ3v) is 2.45. The van der Waals surface area contributed by atoms with Gasteiger partial charge in [-0.3, -0.25) is 0 Å². The van der Waals surface area contributed by atoms with Gasteiger partial charge in [-0.05, 0) is 0 Å². The van der Waals surface area contributed by atoms with Gasteiger partial charge in [-0.15, -0.1) is 0 Å². The molecule has 1 N–H and O–H groups in total. The first-order chi connectivity index (χ1) is 8.07. The molecule has 5 nitrogen and oxygen atoms in total. The van der Waals surface area contributed by atoms with E-state index in [9.17, 15) is 14.7 Å². The monoisotopic (exact) mass is 238 g/mol. The van der Waals surface area contributed by atoms with Crippen LogP contribution >= 0.6 is 0 Å². The molecule has 0 aromatic rings. The molecule has 0 spiro atoms. The van der Waals surface area contributed by atoms with Crippen LogP contribution in [0, 0.1) is 5.92 Å². The molecule has 0 atom stereocenters. The van der Waals surface area contributed by atoms with Gasteiger partial charge < -0.3 is 14.6 Å². The Morgan fingerprint density at radius 3 is 1.76 bits per heavy atom. The van der Waals surface area contributed by atoms with Gasteiger partial charge in [0.2, 0.25) is 0 Å². The topological polar surface area (TPSA) is 72.8 Å². The zero-order valence-corrected chi connectivity index (χ0v) is 9.62. The van der Waals surface area contributed by atoms with E-state index in [2.05, 4.69) is 9.47 Å². The van der Waals surface area contributed by atoms with Crippen molar-refractivity contribution < 1.29 is 24.2 Å². The smallest absolute Gasteiger partial charge is 0.350 e. The van der Waals surface area contributed by atoms with Crippen LogP contribution in [0.2, 0.25) is 0 Å². The van der Waals surface area contributed by atoms with Crippen LogP contribution in [0.3, 0.4) is 0 Å². The van der Waals surface area contributed by atoms with E-state index in [1.807, 2.05) is 0 Å². The van der Waals surface area contributed by atoms with Gasteiger partial charge in [-0.2, -0.15) is 0 Å². The highest BCUT2D eigenvalue weighted by Gasteiger charge is 2.51. The van der Waals surface area contributed by atoms with Gasteiger partial charge in [0.1, 0.15) is 0 Å². The first-order valence-corrected chi connectivity index (χ1v) is 4.98. The minimum Gasteiger partial charge on any atom is -0.466 e. The second-order valence-corrected chi connectivity index (χ2v) is 3.43. The van der Waals surface area contributed by atoms with E-state index < -0.39 is 23.5 Å². The van der Waals surface area contributed by atoms with E-state index >= 15 is 0 Å². The Morgan fingerprint density at radius 2 is 1.41 bits per heavy atom. The fourth-order valence-electron chi connectivity index (χ4n) is 1.51. The molecule has 0 saturated heterocycles. The minimum absolute atomic E-state index is 0.836. The third kappa shape index (κ3) is 2.45. The van der Waals surface area contributed by atoms with Crippen LogP contribution in [-0.4, -0.2) is 36.9 Å². The van der Waals surface area contributed by atoms with Crippen LogP contribution in [0.4, 0.5) is 0 Å². The van der Waals surface area contributed by atoms with Gasteiger partial charge in [0, 0.05) is 5.92 Å². The standard InChI is InChI=1S/C12H14O5/c1-16-10(13)12(15,11(14)17-2)9-7-5-3-4-6-8-9/h3-9,15H,1-2H3. The number of methoxy groups -OCH3 is 2. The second-order valence-electron chi connectivity index (χ2n) is 3.43. The molecule has 0 aromatic carbocycles. The van der Waals surface area contributed by atoms with Crippen LogP contribution in [0.25, 0.3) is 0 Å². The van der Waals surface area contributed by atoms with Crippen molar-refractivity contribution in [1.29, 1.82) is 0 Å². The summed E-state index contributed by atoms with van der Waals surface area (Å²) in [6.07, 6.45) is 9.72. The van der Waals surface area contributed by atoms with E-state index in [4.69, 9.17) is 0 Å². The van der Waals surface area contributed by atoms with Gasteiger partial charge in [0.05, 0.1) is 14.2 Å². The summed E-state index contributed by atoms with van der Waals surface area (Å²) in [5, 5.41) is 10.2. The molecule has 1 aliphatic carbocycles. The first-order valence-electron chi connectivity index (χ1n) is 4.98. The normalized spacial score (nSPS) is 15.5. The zero-order valence-electron chi connectivity index (χ0n) is 9.62. The second kappa shape index (κ2) is 5.45. The summed E-state index contributed by atoms with van der Waals surface area (Å²) in [5.41, 5.74) is -2.36. The molecule has 0 aliphatic heterocycles. The largest absolute Gasteiger partial charge is 0.466 e. The molecule has 0 amide bonds. The van der Waals surface area contributed by atoms with Gasteiger partial charge >= 0.3 is 11.9 Å². The predicted molar refractivity (Wildman–Crippen MR) is 59.9 cm³/mol. The Balaban J connectivity index is 3.14. The zero-order chi connectivity index (χ0) is 12.9. The van der Waals surface area contributed by atoms with Crippen LogP contribution < -0.4 is 0 Å². The highest BCUT2D eigenvalue weighted by atomic mass is 16.6. The maximum atomic E-state index is 11.6. The lowest BCUT2D eigenvalue weighted by molar-refractivity contribution is -0.183. The first kappa shape index (κ1) is 13.2. The maximum Gasteiger partial charge on any atom is 0.350 e. The van der Waals surface area contributed by atoms with Crippen LogP contribution in [0.15, 0.2) is 36.5 Å². The summed E-state index contributed by atoms with van der Waals surface area (Å²) < 4.78 is 8.91. The molecule has 92 valence electrons. The van der Waals surface area contributed by atoms with Crippen molar-refractivity contribution in [2.75, 3.05) is 14.2 Å². The average molecular weight is 238 g/mol. The number of hydrogen-bond acceptors (Lipinski definition) is 5. The SMILES string of the molecule is COC(=O)C(O)(C(=O)OC)C1C=CC=CC=C1. The molecule has 1 aliphatic rings. The van der Waals surface area contributed by atoms with Crippen LogP contribution in [-0.2, 0) is 19.1 Å². The summed E-state index contributed by atoms with van der Waals surface area (Å²) in [4.78, 5) is 23.2. The van der Waals surface area contributed by atoms with Crippen molar-refractivity contribution in [2.45, 2.75) is 5.60 Å². The molecule has 1 rings (SSSR count). The Hall–Kier alpha value is -1.88. The quantitative estimate of drug-likeness (QED) is 0.567. The van der Waals surface area contributed by atoms with Crippen LogP contribution in [0.5, 0.6) is 0 Å². The highest BCUT2D eigenvalue weighted by molar-refractivity contribution is 6.04.